The van der Waals surface area contributed by atoms with Gasteiger partial charge in [-0.15, -0.1) is 0 Å². The van der Waals surface area contributed by atoms with Gasteiger partial charge in [0.2, 0.25) is 0 Å². The standard InChI is InChI=1S/C11H13N5O3/c1-15(2)5-12-10-9(19-3)8-7(11(17)18)4-14-16(8)6-13-10/h4-6H,1-3H3,(H,17,18). The quantitative estimate of drug-likeness (QED) is 0.643. The van der Waals surface area contributed by atoms with Gasteiger partial charge in [0, 0.05) is 14.1 Å². The Morgan fingerprint density at radius 3 is 2.89 bits per heavy atom. The second-order valence-corrected chi connectivity index (χ2v) is 3.97. The first-order valence-corrected chi connectivity index (χ1v) is 5.39. The number of carboxylic acids is 1. The van der Waals surface area contributed by atoms with Crippen molar-refractivity contribution in [1.82, 2.24) is 19.5 Å². The molecule has 0 fully saturated rings. The normalized spacial score (nSPS) is 11.1. The van der Waals surface area contributed by atoms with E-state index in [9.17, 15) is 4.79 Å². The van der Waals surface area contributed by atoms with Gasteiger partial charge in [0.15, 0.2) is 11.6 Å². The lowest BCUT2D eigenvalue weighted by molar-refractivity contribution is 0.0699. The van der Waals surface area contributed by atoms with E-state index in [2.05, 4.69) is 15.1 Å². The molecule has 0 unspecified atom stereocenters. The van der Waals surface area contributed by atoms with Crippen molar-refractivity contribution < 1.29 is 14.6 Å². The fourth-order valence-corrected chi connectivity index (χ4v) is 1.56. The van der Waals surface area contributed by atoms with Crippen LogP contribution in [0.15, 0.2) is 17.5 Å². The third-order valence-corrected chi connectivity index (χ3v) is 2.35. The second kappa shape index (κ2) is 4.92. The van der Waals surface area contributed by atoms with E-state index < -0.39 is 5.97 Å². The summed E-state index contributed by atoms with van der Waals surface area (Å²) >= 11 is 0. The van der Waals surface area contributed by atoms with Crippen LogP contribution in [0.25, 0.3) is 5.52 Å². The Labute approximate surface area is 109 Å². The first kappa shape index (κ1) is 12.8. The molecule has 0 spiro atoms. The number of fused-ring (bicyclic) bond motifs is 1. The van der Waals surface area contributed by atoms with Gasteiger partial charge >= 0.3 is 5.97 Å². The van der Waals surface area contributed by atoms with E-state index in [1.807, 2.05) is 14.1 Å². The Morgan fingerprint density at radius 2 is 2.32 bits per heavy atom. The van der Waals surface area contributed by atoms with Gasteiger partial charge in [-0.1, -0.05) is 0 Å². The van der Waals surface area contributed by atoms with Gasteiger partial charge in [0.25, 0.3) is 0 Å². The molecular formula is C11H13N5O3. The number of carbonyl (C=O) groups is 1. The van der Waals surface area contributed by atoms with Crippen molar-refractivity contribution in [3.63, 3.8) is 0 Å². The average Bonchev–Trinajstić information content (AvgIpc) is 2.79. The molecular weight excluding hydrogens is 250 g/mol. The van der Waals surface area contributed by atoms with Crippen molar-refractivity contribution in [2.24, 2.45) is 4.99 Å². The number of aromatic nitrogens is 3. The summed E-state index contributed by atoms with van der Waals surface area (Å²) in [5, 5.41) is 13.0. The molecule has 0 aliphatic heterocycles. The van der Waals surface area contributed by atoms with Crippen LogP contribution in [0.4, 0.5) is 5.82 Å². The molecule has 8 heteroatoms. The molecule has 2 heterocycles. The summed E-state index contributed by atoms with van der Waals surface area (Å²) in [5.74, 6) is -0.510. The molecule has 8 nitrogen and oxygen atoms in total. The fourth-order valence-electron chi connectivity index (χ4n) is 1.56. The molecule has 19 heavy (non-hydrogen) atoms. The van der Waals surface area contributed by atoms with E-state index in [0.717, 1.165) is 0 Å². The third-order valence-electron chi connectivity index (χ3n) is 2.35. The summed E-state index contributed by atoms with van der Waals surface area (Å²) in [4.78, 5) is 21.1. The molecule has 2 aromatic rings. The second-order valence-electron chi connectivity index (χ2n) is 3.97. The lowest BCUT2D eigenvalue weighted by Gasteiger charge is -2.07. The van der Waals surface area contributed by atoms with Crippen molar-refractivity contribution in [2.45, 2.75) is 0 Å². The van der Waals surface area contributed by atoms with Crippen molar-refractivity contribution in [3.05, 3.63) is 18.1 Å². The zero-order chi connectivity index (χ0) is 14.0. The number of aliphatic imine (C=N–C) groups is 1. The number of carboxylic acid groups (broad SMARTS) is 1. The van der Waals surface area contributed by atoms with E-state index in [0.29, 0.717) is 11.3 Å². The highest BCUT2D eigenvalue weighted by Gasteiger charge is 2.19. The first-order valence-electron chi connectivity index (χ1n) is 5.39. The molecule has 0 saturated heterocycles. The molecule has 2 aromatic heterocycles. The van der Waals surface area contributed by atoms with Crippen LogP contribution in [-0.4, -0.2) is 58.1 Å². The summed E-state index contributed by atoms with van der Waals surface area (Å²) in [6.45, 7) is 0. The molecule has 100 valence electrons. The van der Waals surface area contributed by atoms with Crippen LogP contribution in [0, 0.1) is 0 Å². The van der Waals surface area contributed by atoms with E-state index >= 15 is 0 Å². The van der Waals surface area contributed by atoms with Crippen LogP contribution in [0.2, 0.25) is 0 Å². The van der Waals surface area contributed by atoms with E-state index in [1.165, 1.54) is 24.1 Å². The van der Waals surface area contributed by atoms with Gasteiger partial charge in [-0.25, -0.2) is 19.3 Å². The molecule has 0 aliphatic rings. The zero-order valence-corrected chi connectivity index (χ0v) is 10.7. The van der Waals surface area contributed by atoms with Crippen LogP contribution >= 0.6 is 0 Å². The number of rotatable bonds is 4. The van der Waals surface area contributed by atoms with Gasteiger partial charge < -0.3 is 14.7 Å². The topological polar surface area (TPSA) is 92.3 Å². The monoisotopic (exact) mass is 263 g/mol. The van der Waals surface area contributed by atoms with E-state index in [1.54, 1.807) is 11.2 Å². The van der Waals surface area contributed by atoms with Crippen molar-refractivity contribution in [1.29, 1.82) is 0 Å². The molecule has 0 amide bonds. The van der Waals surface area contributed by atoms with Crippen LogP contribution in [0.5, 0.6) is 5.75 Å². The van der Waals surface area contributed by atoms with Gasteiger partial charge in [-0.3, -0.25) is 0 Å². The Bertz CT molecular complexity index is 647. The molecule has 0 aliphatic carbocycles. The summed E-state index contributed by atoms with van der Waals surface area (Å²) in [5.41, 5.74) is 0.372. The minimum Gasteiger partial charge on any atom is -0.491 e. The molecule has 0 atom stereocenters. The summed E-state index contributed by atoms with van der Waals surface area (Å²) in [6.07, 6.45) is 4.20. The largest absolute Gasteiger partial charge is 0.491 e. The Kier molecular flexibility index (Phi) is 3.32. The van der Waals surface area contributed by atoms with Crippen LogP contribution in [0.3, 0.4) is 0 Å². The van der Waals surface area contributed by atoms with Crippen LogP contribution in [0.1, 0.15) is 10.4 Å². The zero-order valence-electron chi connectivity index (χ0n) is 10.7. The predicted octanol–water partition coefficient (Wildman–Crippen LogP) is 0.657. The Balaban J connectivity index is 2.67. The van der Waals surface area contributed by atoms with Gasteiger partial charge in [-0.05, 0) is 0 Å². The number of nitrogens with zero attached hydrogens (tertiary/aromatic N) is 5. The maximum absolute atomic E-state index is 11.1. The lowest BCUT2D eigenvalue weighted by Crippen LogP contribution is -2.07. The van der Waals surface area contributed by atoms with Gasteiger partial charge in [0.05, 0.1) is 19.6 Å². The first-order chi connectivity index (χ1) is 9.04. The maximum atomic E-state index is 11.1. The fraction of sp³-hybridized carbons (Fsp3) is 0.273. The van der Waals surface area contributed by atoms with E-state index in [4.69, 9.17) is 9.84 Å². The minimum absolute atomic E-state index is 0.0422. The highest BCUT2D eigenvalue weighted by Crippen LogP contribution is 2.31. The Morgan fingerprint density at radius 1 is 1.58 bits per heavy atom. The number of aromatic carboxylic acids is 1. The van der Waals surface area contributed by atoms with Crippen LogP contribution in [-0.2, 0) is 0 Å². The highest BCUT2D eigenvalue weighted by molar-refractivity contribution is 5.98. The SMILES string of the molecule is COc1c(N=CN(C)C)ncn2ncc(C(=O)O)c12. The summed E-state index contributed by atoms with van der Waals surface area (Å²) < 4.78 is 6.57. The lowest BCUT2D eigenvalue weighted by atomic mass is 10.2. The maximum Gasteiger partial charge on any atom is 0.339 e. The summed E-state index contributed by atoms with van der Waals surface area (Å²) in [7, 11) is 5.07. The number of hydrogen-bond donors (Lipinski definition) is 1. The molecule has 0 bridgehead atoms. The molecule has 0 saturated carbocycles. The smallest absolute Gasteiger partial charge is 0.339 e. The minimum atomic E-state index is -1.08. The predicted molar refractivity (Wildman–Crippen MR) is 68.3 cm³/mol. The summed E-state index contributed by atoms with van der Waals surface area (Å²) in [6, 6.07) is 0. The number of hydrogen-bond acceptors (Lipinski definition) is 5. The molecule has 2 rings (SSSR count). The van der Waals surface area contributed by atoms with Crippen LogP contribution < -0.4 is 4.74 Å². The van der Waals surface area contributed by atoms with E-state index in [-0.39, 0.29) is 11.3 Å². The van der Waals surface area contributed by atoms with Crippen molar-refractivity contribution in [3.8, 4) is 5.75 Å². The van der Waals surface area contributed by atoms with Gasteiger partial charge in [-0.2, -0.15) is 5.10 Å². The molecule has 0 radical (unpaired) electrons. The highest BCUT2D eigenvalue weighted by atomic mass is 16.5. The van der Waals surface area contributed by atoms with Gasteiger partial charge in [0.1, 0.15) is 17.4 Å². The average molecular weight is 263 g/mol. The molecule has 0 aromatic carbocycles. The van der Waals surface area contributed by atoms with Crippen molar-refractivity contribution in [2.75, 3.05) is 21.2 Å². The molecule has 1 N–H and O–H groups in total. The number of methoxy groups -OCH3 is 1. The Hall–Kier alpha value is -2.64. The third kappa shape index (κ3) is 2.32. The van der Waals surface area contributed by atoms with Crippen molar-refractivity contribution >= 4 is 23.6 Å². The number of ether oxygens (including phenoxy) is 1.